The summed E-state index contributed by atoms with van der Waals surface area (Å²) in [5, 5.41) is 9.41. The van der Waals surface area contributed by atoms with Crippen molar-refractivity contribution in [3.8, 4) is 17.2 Å². The fourth-order valence-electron chi connectivity index (χ4n) is 4.17. The minimum Gasteiger partial charge on any atom is -0.484 e. The second-order valence-corrected chi connectivity index (χ2v) is 8.83. The molecule has 2 amide bonds. The third-order valence-electron chi connectivity index (χ3n) is 6.08. The Labute approximate surface area is 193 Å². The fraction of sp³-hybridized carbons (Fsp3) is 0.304. The zero-order valence-electron chi connectivity index (χ0n) is 17.4. The molecule has 0 saturated heterocycles. The highest BCUT2D eigenvalue weighted by Crippen LogP contribution is 2.64. The average Bonchev–Trinajstić information content (AvgIpc) is 3.23. The Morgan fingerprint density at radius 3 is 2.61 bits per heavy atom. The van der Waals surface area contributed by atoms with E-state index in [0.29, 0.717) is 11.5 Å². The van der Waals surface area contributed by atoms with Gasteiger partial charge in [-0.2, -0.15) is 4.98 Å². The largest absolute Gasteiger partial charge is 0.484 e. The lowest BCUT2D eigenvalue weighted by Gasteiger charge is -2.60. The first-order valence-electron chi connectivity index (χ1n) is 10.5. The molecule has 0 radical (unpaired) electrons. The van der Waals surface area contributed by atoms with Gasteiger partial charge in [0.15, 0.2) is 12.8 Å². The third-order valence-corrected chi connectivity index (χ3v) is 6.39. The molecule has 8 nitrogen and oxygen atoms in total. The van der Waals surface area contributed by atoms with Gasteiger partial charge in [0.05, 0.1) is 10.4 Å². The number of ether oxygens (including phenoxy) is 1. The van der Waals surface area contributed by atoms with Crippen molar-refractivity contribution in [2.45, 2.75) is 25.4 Å². The number of hydrogen-bond acceptors (Lipinski definition) is 6. The van der Waals surface area contributed by atoms with E-state index in [-0.39, 0.29) is 33.8 Å². The molecule has 1 atom stereocenters. The van der Waals surface area contributed by atoms with E-state index in [4.69, 9.17) is 20.9 Å². The molecule has 1 aromatic heterocycles. The Morgan fingerprint density at radius 1 is 1.18 bits per heavy atom. The van der Waals surface area contributed by atoms with Crippen LogP contribution >= 0.6 is 11.6 Å². The van der Waals surface area contributed by atoms with E-state index in [0.717, 1.165) is 25.3 Å². The number of benzene rings is 2. The van der Waals surface area contributed by atoms with E-state index >= 15 is 0 Å². The van der Waals surface area contributed by atoms with E-state index < -0.39 is 24.5 Å². The standard InChI is InChI=1S/C23H20ClFN4O4/c24-16-7-6-15(8-17(16)25)32-12-18(30)26-19(28-22(31)23-9-13(10-23)11-23)20-27-21(33-29-20)14-4-2-1-3-5-14/h1-8,13,19H,9-12H2,(H,26,30)(H,28,31). The van der Waals surface area contributed by atoms with Crippen LogP contribution < -0.4 is 15.4 Å². The maximum Gasteiger partial charge on any atom is 0.259 e. The number of hydrogen-bond donors (Lipinski definition) is 2. The lowest BCUT2D eigenvalue weighted by atomic mass is 9.44. The normalized spacial score (nSPS) is 21.3. The lowest BCUT2D eigenvalue weighted by Crippen LogP contribution is -2.61. The van der Waals surface area contributed by atoms with Crippen LogP contribution in [0.15, 0.2) is 53.1 Å². The molecule has 0 spiro atoms. The van der Waals surface area contributed by atoms with Crippen LogP contribution in [-0.4, -0.2) is 28.6 Å². The molecule has 3 aliphatic carbocycles. The van der Waals surface area contributed by atoms with Gasteiger partial charge in [0.1, 0.15) is 11.6 Å². The van der Waals surface area contributed by atoms with E-state index in [1.54, 1.807) is 0 Å². The molecule has 33 heavy (non-hydrogen) atoms. The van der Waals surface area contributed by atoms with Gasteiger partial charge in [-0.25, -0.2) is 4.39 Å². The second-order valence-electron chi connectivity index (χ2n) is 8.42. The smallest absolute Gasteiger partial charge is 0.259 e. The van der Waals surface area contributed by atoms with Crippen molar-refractivity contribution in [1.29, 1.82) is 0 Å². The Kier molecular flexibility index (Phi) is 5.49. The summed E-state index contributed by atoms with van der Waals surface area (Å²) in [5.41, 5.74) is 0.344. The molecule has 0 aliphatic heterocycles. The highest BCUT2D eigenvalue weighted by Gasteiger charge is 2.61. The topological polar surface area (TPSA) is 106 Å². The number of carbonyl (C=O) groups is 2. The summed E-state index contributed by atoms with van der Waals surface area (Å²) in [4.78, 5) is 29.8. The first-order valence-corrected chi connectivity index (χ1v) is 10.9. The molecule has 3 aromatic rings. The Morgan fingerprint density at radius 2 is 1.94 bits per heavy atom. The van der Waals surface area contributed by atoms with Gasteiger partial charge in [-0.3, -0.25) is 9.59 Å². The molecule has 3 aliphatic rings. The SMILES string of the molecule is O=C(COc1ccc(Cl)c(F)c1)NC(NC(=O)C12CC(C1)C2)c1noc(-c2ccccc2)n1. The molecule has 2 N–H and O–H groups in total. The molecular formula is C23H20ClFN4O4. The average molecular weight is 471 g/mol. The number of aromatic nitrogens is 2. The lowest BCUT2D eigenvalue weighted by molar-refractivity contribution is -0.166. The molecule has 10 heteroatoms. The van der Waals surface area contributed by atoms with Gasteiger partial charge in [0.25, 0.3) is 11.8 Å². The zero-order chi connectivity index (χ0) is 23.0. The predicted molar refractivity (Wildman–Crippen MR) is 115 cm³/mol. The quantitative estimate of drug-likeness (QED) is 0.487. The Bertz CT molecular complexity index is 1190. The van der Waals surface area contributed by atoms with E-state index in [2.05, 4.69) is 20.8 Å². The zero-order valence-corrected chi connectivity index (χ0v) is 18.1. The van der Waals surface area contributed by atoms with Crippen LogP contribution in [-0.2, 0) is 9.59 Å². The van der Waals surface area contributed by atoms with Gasteiger partial charge in [-0.05, 0) is 49.4 Å². The fourth-order valence-corrected chi connectivity index (χ4v) is 4.29. The van der Waals surface area contributed by atoms with Crippen molar-refractivity contribution < 1.29 is 23.2 Å². The number of amides is 2. The van der Waals surface area contributed by atoms with Crippen molar-refractivity contribution in [1.82, 2.24) is 20.8 Å². The maximum absolute atomic E-state index is 13.6. The third kappa shape index (κ3) is 4.28. The minimum atomic E-state index is -1.01. The van der Waals surface area contributed by atoms with Gasteiger partial charge < -0.3 is 19.9 Å². The highest BCUT2D eigenvalue weighted by atomic mass is 35.5. The summed E-state index contributed by atoms with van der Waals surface area (Å²) < 4.78 is 24.3. The Hall–Kier alpha value is -3.46. The predicted octanol–water partition coefficient (Wildman–Crippen LogP) is 3.64. The molecule has 3 saturated carbocycles. The summed E-state index contributed by atoms with van der Waals surface area (Å²) in [6.45, 7) is -0.413. The number of halogens is 2. The summed E-state index contributed by atoms with van der Waals surface area (Å²) in [5.74, 6) is -0.226. The number of carbonyl (C=O) groups excluding carboxylic acids is 2. The monoisotopic (exact) mass is 470 g/mol. The van der Waals surface area contributed by atoms with Gasteiger partial charge in [0, 0.05) is 11.6 Å². The molecule has 6 rings (SSSR count). The number of rotatable bonds is 8. The van der Waals surface area contributed by atoms with Crippen molar-refractivity contribution in [3.05, 3.63) is 65.2 Å². The highest BCUT2D eigenvalue weighted by molar-refractivity contribution is 6.30. The van der Waals surface area contributed by atoms with Crippen molar-refractivity contribution in [3.63, 3.8) is 0 Å². The number of nitrogens with zero attached hydrogens (tertiary/aromatic N) is 2. The van der Waals surface area contributed by atoms with Crippen LogP contribution in [0.1, 0.15) is 31.3 Å². The summed E-state index contributed by atoms with van der Waals surface area (Å²) in [7, 11) is 0. The molecule has 1 unspecified atom stereocenters. The van der Waals surface area contributed by atoms with Crippen LogP contribution in [0, 0.1) is 17.2 Å². The molecule has 170 valence electrons. The van der Waals surface area contributed by atoms with E-state index in [9.17, 15) is 14.0 Å². The molecule has 2 bridgehead atoms. The molecule has 3 fully saturated rings. The summed E-state index contributed by atoms with van der Waals surface area (Å²) in [6, 6.07) is 13.0. The van der Waals surface area contributed by atoms with Gasteiger partial charge in [-0.15, -0.1) is 0 Å². The summed E-state index contributed by atoms with van der Waals surface area (Å²) in [6.07, 6.45) is 1.55. The Balaban J connectivity index is 1.29. The van der Waals surface area contributed by atoms with E-state index in [1.807, 2.05) is 30.3 Å². The molecule has 2 aromatic carbocycles. The number of nitrogens with one attached hydrogen (secondary N) is 2. The van der Waals surface area contributed by atoms with E-state index in [1.165, 1.54) is 12.1 Å². The minimum absolute atomic E-state index is 0.0468. The van der Waals surface area contributed by atoms with Crippen molar-refractivity contribution in [2.75, 3.05) is 6.61 Å². The maximum atomic E-state index is 13.6. The van der Waals surface area contributed by atoms with Gasteiger partial charge in [0.2, 0.25) is 11.7 Å². The first kappa shape index (κ1) is 21.4. The van der Waals surface area contributed by atoms with Crippen LogP contribution in [0.3, 0.4) is 0 Å². The van der Waals surface area contributed by atoms with Crippen LogP contribution in [0.25, 0.3) is 11.5 Å². The molecule has 1 heterocycles. The van der Waals surface area contributed by atoms with Crippen molar-refractivity contribution in [2.24, 2.45) is 11.3 Å². The van der Waals surface area contributed by atoms with Crippen LogP contribution in [0.4, 0.5) is 4.39 Å². The van der Waals surface area contributed by atoms with Gasteiger partial charge in [-0.1, -0.05) is 35.0 Å². The first-order chi connectivity index (χ1) is 15.9. The molecular weight excluding hydrogens is 451 g/mol. The second kappa shape index (κ2) is 8.47. The van der Waals surface area contributed by atoms with Crippen molar-refractivity contribution >= 4 is 23.4 Å². The van der Waals surface area contributed by atoms with Crippen LogP contribution in [0.2, 0.25) is 5.02 Å². The summed E-state index contributed by atoms with van der Waals surface area (Å²) >= 11 is 5.66. The van der Waals surface area contributed by atoms with Gasteiger partial charge >= 0.3 is 0 Å². The van der Waals surface area contributed by atoms with Crippen LogP contribution in [0.5, 0.6) is 5.75 Å².